The molecule has 84 valence electrons. The van der Waals surface area contributed by atoms with Crippen LogP contribution in [0.3, 0.4) is 0 Å². The van der Waals surface area contributed by atoms with E-state index in [1.165, 1.54) is 11.1 Å². The number of benzene rings is 1. The van der Waals surface area contributed by atoms with Crippen LogP contribution in [-0.2, 0) is 0 Å². The molecule has 0 fully saturated rings. The van der Waals surface area contributed by atoms with Gasteiger partial charge in [-0.3, -0.25) is 4.98 Å². The predicted molar refractivity (Wildman–Crippen MR) is 67.5 cm³/mol. The van der Waals surface area contributed by atoms with E-state index in [0.717, 1.165) is 5.56 Å². The summed E-state index contributed by atoms with van der Waals surface area (Å²) < 4.78 is 0. The van der Waals surface area contributed by atoms with Gasteiger partial charge in [0.05, 0.1) is 6.07 Å². The molecular formula is C15H14N2. The Morgan fingerprint density at radius 3 is 2.24 bits per heavy atom. The van der Waals surface area contributed by atoms with Crippen molar-refractivity contribution >= 4 is 0 Å². The van der Waals surface area contributed by atoms with Crippen LogP contribution < -0.4 is 0 Å². The van der Waals surface area contributed by atoms with E-state index in [9.17, 15) is 0 Å². The molecule has 0 radical (unpaired) electrons. The molecule has 0 aliphatic carbocycles. The first-order valence-corrected chi connectivity index (χ1v) is 5.64. The standard InChI is InChI=1S/C15H14N2/c1-12-2-4-13(5-3-12)15(6-9-16)14-7-10-17-11-8-14/h2-5,7-8,10-11,15H,6H2,1H3. The number of pyridine rings is 1. The first-order chi connectivity index (χ1) is 8.31. The molecule has 0 saturated heterocycles. The Morgan fingerprint density at radius 1 is 1.06 bits per heavy atom. The second kappa shape index (κ2) is 5.27. The average Bonchev–Trinajstić information content (AvgIpc) is 2.38. The summed E-state index contributed by atoms with van der Waals surface area (Å²) in [6.07, 6.45) is 4.04. The third-order valence-electron chi connectivity index (χ3n) is 2.88. The Bertz CT molecular complexity index is 509. The molecule has 17 heavy (non-hydrogen) atoms. The van der Waals surface area contributed by atoms with Crippen molar-refractivity contribution in [3.05, 3.63) is 65.5 Å². The van der Waals surface area contributed by atoms with Crippen LogP contribution in [0.5, 0.6) is 0 Å². The summed E-state index contributed by atoms with van der Waals surface area (Å²) in [7, 11) is 0. The molecule has 2 aromatic rings. The second-order valence-electron chi connectivity index (χ2n) is 4.11. The molecule has 1 heterocycles. The zero-order valence-electron chi connectivity index (χ0n) is 9.80. The monoisotopic (exact) mass is 222 g/mol. The third-order valence-corrected chi connectivity index (χ3v) is 2.88. The largest absolute Gasteiger partial charge is 0.265 e. The van der Waals surface area contributed by atoms with Crippen LogP contribution in [0.2, 0.25) is 0 Å². The van der Waals surface area contributed by atoms with Gasteiger partial charge in [-0.1, -0.05) is 29.8 Å². The molecule has 2 rings (SSSR count). The Morgan fingerprint density at radius 2 is 1.65 bits per heavy atom. The third kappa shape index (κ3) is 2.70. The highest BCUT2D eigenvalue weighted by molar-refractivity contribution is 5.33. The fourth-order valence-electron chi connectivity index (χ4n) is 1.91. The van der Waals surface area contributed by atoms with Crippen LogP contribution in [-0.4, -0.2) is 4.98 Å². The van der Waals surface area contributed by atoms with Crippen LogP contribution in [0.25, 0.3) is 0 Å². The van der Waals surface area contributed by atoms with E-state index in [1.54, 1.807) is 12.4 Å². The SMILES string of the molecule is Cc1ccc(C(CC#N)c2ccncc2)cc1. The molecule has 0 saturated carbocycles. The number of rotatable bonds is 3. The normalized spacial score (nSPS) is 11.8. The van der Waals surface area contributed by atoms with E-state index < -0.39 is 0 Å². The van der Waals surface area contributed by atoms with Crippen molar-refractivity contribution < 1.29 is 0 Å². The van der Waals surface area contributed by atoms with Crippen molar-refractivity contribution in [3.8, 4) is 6.07 Å². The summed E-state index contributed by atoms with van der Waals surface area (Å²) in [5.41, 5.74) is 3.56. The lowest BCUT2D eigenvalue weighted by atomic mass is 9.89. The smallest absolute Gasteiger partial charge is 0.0631 e. The molecule has 2 heteroatoms. The second-order valence-corrected chi connectivity index (χ2v) is 4.11. The van der Waals surface area contributed by atoms with Crippen molar-refractivity contribution in [3.63, 3.8) is 0 Å². The number of hydrogen-bond acceptors (Lipinski definition) is 2. The van der Waals surface area contributed by atoms with E-state index in [-0.39, 0.29) is 5.92 Å². The lowest BCUT2D eigenvalue weighted by Crippen LogP contribution is -2.00. The molecule has 1 aromatic carbocycles. The van der Waals surface area contributed by atoms with E-state index in [1.807, 2.05) is 12.1 Å². The predicted octanol–water partition coefficient (Wildman–Crippen LogP) is 3.44. The molecule has 0 bridgehead atoms. The zero-order chi connectivity index (χ0) is 12.1. The van der Waals surface area contributed by atoms with Crippen molar-refractivity contribution in [1.29, 1.82) is 5.26 Å². The average molecular weight is 222 g/mol. The summed E-state index contributed by atoms with van der Waals surface area (Å²) in [6, 6.07) is 14.6. The first kappa shape index (κ1) is 11.3. The molecule has 2 nitrogen and oxygen atoms in total. The van der Waals surface area contributed by atoms with Crippen molar-refractivity contribution in [2.75, 3.05) is 0 Å². The van der Waals surface area contributed by atoms with Gasteiger partial charge < -0.3 is 0 Å². The molecule has 0 amide bonds. The Labute approximate surface area is 102 Å². The minimum atomic E-state index is 0.142. The molecule has 0 aliphatic heterocycles. The highest BCUT2D eigenvalue weighted by Crippen LogP contribution is 2.27. The van der Waals surface area contributed by atoms with Crippen LogP contribution in [0.15, 0.2) is 48.8 Å². The maximum absolute atomic E-state index is 8.95. The van der Waals surface area contributed by atoms with Crippen molar-refractivity contribution in [1.82, 2.24) is 4.98 Å². The fraction of sp³-hybridized carbons (Fsp3) is 0.200. The number of nitrogens with zero attached hydrogens (tertiary/aromatic N) is 2. The van der Waals surface area contributed by atoms with Gasteiger partial charge in [0.2, 0.25) is 0 Å². The van der Waals surface area contributed by atoms with E-state index in [0.29, 0.717) is 6.42 Å². The van der Waals surface area contributed by atoms with Crippen LogP contribution in [0.1, 0.15) is 29.0 Å². The molecule has 1 atom stereocenters. The van der Waals surface area contributed by atoms with Gasteiger partial charge in [-0.15, -0.1) is 0 Å². The van der Waals surface area contributed by atoms with Gasteiger partial charge in [-0.05, 0) is 30.2 Å². The van der Waals surface area contributed by atoms with Gasteiger partial charge in [0.25, 0.3) is 0 Å². The quantitative estimate of drug-likeness (QED) is 0.797. The number of hydrogen-bond donors (Lipinski definition) is 0. The van der Waals surface area contributed by atoms with Gasteiger partial charge in [-0.2, -0.15) is 5.26 Å². The summed E-state index contributed by atoms with van der Waals surface area (Å²) >= 11 is 0. The summed E-state index contributed by atoms with van der Waals surface area (Å²) in [5, 5.41) is 8.95. The molecular weight excluding hydrogens is 208 g/mol. The highest BCUT2D eigenvalue weighted by Gasteiger charge is 2.13. The van der Waals surface area contributed by atoms with Crippen LogP contribution in [0.4, 0.5) is 0 Å². The fourth-order valence-corrected chi connectivity index (χ4v) is 1.91. The minimum absolute atomic E-state index is 0.142. The highest BCUT2D eigenvalue weighted by atomic mass is 14.6. The number of aromatic nitrogens is 1. The van der Waals surface area contributed by atoms with Crippen LogP contribution in [0, 0.1) is 18.3 Å². The lowest BCUT2D eigenvalue weighted by molar-refractivity contribution is 0.835. The topological polar surface area (TPSA) is 36.7 Å². The molecule has 0 N–H and O–H groups in total. The molecule has 0 aliphatic rings. The van der Waals surface area contributed by atoms with Gasteiger partial charge in [0.1, 0.15) is 0 Å². The maximum atomic E-state index is 8.95. The summed E-state index contributed by atoms with van der Waals surface area (Å²) in [5.74, 6) is 0.142. The summed E-state index contributed by atoms with van der Waals surface area (Å²) in [4.78, 5) is 4.01. The van der Waals surface area contributed by atoms with Gasteiger partial charge in [0, 0.05) is 24.7 Å². The Hall–Kier alpha value is -2.14. The summed E-state index contributed by atoms with van der Waals surface area (Å²) in [6.45, 7) is 2.06. The van der Waals surface area contributed by atoms with Gasteiger partial charge in [0.15, 0.2) is 0 Å². The first-order valence-electron chi connectivity index (χ1n) is 5.64. The molecule has 1 aromatic heterocycles. The number of aryl methyl sites for hydroxylation is 1. The maximum Gasteiger partial charge on any atom is 0.0631 e. The zero-order valence-corrected chi connectivity index (χ0v) is 9.80. The van der Waals surface area contributed by atoms with Gasteiger partial charge >= 0.3 is 0 Å². The van der Waals surface area contributed by atoms with E-state index in [2.05, 4.69) is 42.2 Å². The molecule has 1 unspecified atom stereocenters. The molecule has 0 spiro atoms. The minimum Gasteiger partial charge on any atom is -0.265 e. The lowest BCUT2D eigenvalue weighted by Gasteiger charge is -2.14. The Kier molecular flexibility index (Phi) is 3.52. The van der Waals surface area contributed by atoms with Crippen molar-refractivity contribution in [2.45, 2.75) is 19.3 Å². The van der Waals surface area contributed by atoms with Gasteiger partial charge in [-0.25, -0.2) is 0 Å². The van der Waals surface area contributed by atoms with Crippen molar-refractivity contribution in [2.24, 2.45) is 0 Å². The number of nitriles is 1. The van der Waals surface area contributed by atoms with Crippen LogP contribution >= 0.6 is 0 Å². The van der Waals surface area contributed by atoms with E-state index >= 15 is 0 Å². The van der Waals surface area contributed by atoms with E-state index in [4.69, 9.17) is 5.26 Å². The Balaban J connectivity index is 2.36.